The molecule has 1 aliphatic rings. The SMILES string of the molecule is CCC1CCCN1Cc1sc(NC)nc1-c1ccc(OCCCOC)c(C(F)(F)F)c1. The van der Waals surface area contributed by atoms with Gasteiger partial charge in [0.2, 0.25) is 0 Å². The summed E-state index contributed by atoms with van der Waals surface area (Å²) in [6.45, 7) is 4.48. The molecule has 0 amide bonds. The number of hydrogen-bond acceptors (Lipinski definition) is 6. The van der Waals surface area contributed by atoms with E-state index in [2.05, 4.69) is 22.1 Å². The number of anilines is 1. The van der Waals surface area contributed by atoms with Crippen LogP contribution in [0.5, 0.6) is 5.75 Å². The van der Waals surface area contributed by atoms with Crippen molar-refractivity contribution in [1.29, 1.82) is 0 Å². The first-order chi connectivity index (χ1) is 14.9. The predicted molar refractivity (Wildman–Crippen MR) is 118 cm³/mol. The van der Waals surface area contributed by atoms with Crippen molar-refractivity contribution in [3.8, 4) is 17.0 Å². The third-order valence-corrected chi connectivity index (χ3v) is 6.59. The quantitative estimate of drug-likeness (QED) is 0.467. The third-order valence-electron chi connectivity index (χ3n) is 5.54. The van der Waals surface area contributed by atoms with Gasteiger partial charge in [0.05, 0.1) is 17.9 Å². The Hall–Kier alpha value is -1.84. The number of thiazole rings is 1. The zero-order valence-corrected chi connectivity index (χ0v) is 19.0. The number of likely N-dealkylation sites (tertiary alicyclic amines) is 1. The molecule has 1 saturated heterocycles. The summed E-state index contributed by atoms with van der Waals surface area (Å²) in [6, 6.07) is 4.74. The Kier molecular flexibility index (Phi) is 8.18. The highest BCUT2D eigenvalue weighted by molar-refractivity contribution is 7.16. The van der Waals surface area contributed by atoms with E-state index >= 15 is 0 Å². The van der Waals surface area contributed by atoms with E-state index in [1.165, 1.54) is 17.4 Å². The molecule has 0 aliphatic carbocycles. The molecule has 1 N–H and O–H groups in total. The molecule has 1 aliphatic heterocycles. The average Bonchev–Trinajstić information content (AvgIpc) is 3.37. The van der Waals surface area contributed by atoms with Gasteiger partial charge in [-0.2, -0.15) is 13.2 Å². The van der Waals surface area contributed by atoms with Crippen LogP contribution in [0.15, 0.2) is 18.2 Å². The van der Waals surface area contributed by atoms with Crippen LogP contribution >= 0.6 is 11.3 Å². The predicted octanol–water partition coefficient (Wildman–Crippen LogP) is 5.66. The molecule has 9 heteroatoms. The molecule has 1 atom stereocenters. The molecule has 2 aromatic rings. The fourth-order valence-corrected chi connectivity index (χ4v) is 4.91. The molecule has 0 bridgehead atoms. The van der Waals surface area contributed by atoms with Crippen LogP contribution in [0.4, 0.5) is 18.3 Å². The van der Waals surface area contributed by atoms with Gasteiger partial charge in [-0.3, -0.25) is 4.90 Å². The second-order valence-electron chi connectivity index (χ2n) is 7.62. The van der Waals surface area contributed by atoms with Gasteiger partial charge in [-0.15, -0.1) is 11.3 Å². The van der Waals surface area contributed by atoms with E-state index in [1.54, 1.807) is 20.2 Å². The lowest BCUT2D eigenvalue weighted by Crippen LogP contribution is -2.28. The van der Waals surface area contributed by atoms with Gasteiger partial charge in [-0.1, -0.05) is 6.92 Å². The maximum atomic E-state index is 13.8. The van der Waals surface area contributed by atoms with E-state index < -0.39 is 11.7 Å². The molecule has 1 fully saturated rings. The van der Waals surface area contributed by atoms with Crippen LogP contribution < -0.4 is 10.1 Å². The van der Waals surface area contributed by atoms with Gasteiger partial charge in [0, 0.05) is 50.2 Å². The molecule has 1 aromatic carbocycles. The number of hydrogen-bond donors (Lipinski definition) is 1. The largest absolute Gasteiger partial charge is 0.493 e. The number of nitrogens with one attached hydrogen (secondary N) is 1. The zero-order chi connectivity index (χ0) is 22.4. The Morgan fingerprint density at radius 2 is 2.10 bits per heavy atom. The van der Waals surface area contributed by atoms with Crippen molar-refractivity contribution >= 4 is 16.5 Å². The molecule has 1 aromatic heterocycles. The number of nitrogens with zero attached hydrogens (tertiary/aromatic N) is 2. The van der Waals surface area contributed by atoms with Crippen LogP contribution in [0.25, 0.3) is 11.3 Å². The van der Waals surface area contributed by atoms with Crippen LogP contribution in [0.2, 0.25) is 0 Å². The Morgan fingerprint density at radius 1 is 1.29 bits per heavy atom. The summed E-state index contributed by atoms with van der Waals surface area (Å²) in [4.78, 5) is 7.98. The van der Waals surface area contributed by atoms with Crippen molar-refractivity contribution in [2.24, 2.45) is 0 Å². The van der Waals surface area contributed by atoms with Gasteiger partial charge in [0.25, 0.3) is 0 Å². The fourth-order valence-electron chi connectivity index (χ4n) is 3.95. The van der Waals surface area contributed by atoms with Crippen molar-refractivity contribution in [3.63, 3.8) is 0 Å². The normalized spacial score (nSPS) is 17.3. The van der Waals surface area contributed by atoms with E-state index in [9.17, 15) is 13.2 Å². The topological polar surface area (TPSA) is 46.6 Å². The zero-order valence-electron chi connectivity index (χ0n) is 18.2. The maximum Gasteiger partial charge on any atom is 0.419 e. The highest BCUT2D eigenvalue weighted by Crippen LogP contribution is 2.41. The number of methoxy groups -OCH3 is 1. The fraction of sp³-hybridized carbons (Fsp3) is 0.591. The summed E-state index contributed by atoms with van der Waals surface area (Å²) in [5.74, 6) is -0.163. The van der Waals surface area contributed by atoms with Gasteiger partial charge in [0.15, 0.2) is 5.13 Å². The lowest BCUT2D eigenvalue weighted by molar-refractivity contribution is -0.138. The number of ether oxygens (including phenoxy) is 2. The number of aromatic nitrogens is 1. The third kappa shape index (κ3) is 5.90. The molecule has 5 nitrogen and oxygen atoms in total. The number of benzene rings is 1. The van der Waals surface area contributed by atoms with Crippen molar-refractivity contribution < 1.29 is 22.6 Å². The average molecular weight is 458 g/mol. The van der Waals surface area contributed by atoms with E-state index in [4.69, 9.17) is 9.47 Å². The molecule has 0 spiro atoms. The molecular weight excluding hydrogens is 427 g/mol. The summed E-state index contributed by atoms with van der Waals surface area (Å²) in [5.41, 5.74) is 0.282. The molecular formula is C22H30F3N3O2S. The highest BCUT2D eigenvalue weighted by atomic mass is 32.1. The second-order valence-corrected chi connectivity index (χ2v) is 8.70. The number of alkyl halides is 3. The number of halogens is 3. The molecule has 31 heavy (non-hydrogen) atoms. The molecule has 172 valence electrons. The summed E-state index contributed by atoms with van der Waals surface area (Å²) in [7, 11) is 3.32. The van der Waals surface area contributed by atoms with Gasteiger partial charge < -0.3 is 14.8 Å². The smallest absolute Gasteiger partial charge is 0.419 e. The highest BCUT2D eigenvalue weighted by Gasteiger charge is 2.35. The standard InChI is InChI=1S/C22H30F3N3O2S/c1-4-16-7-5-10-28(16)14-19-20(27-21(26-2)31-19)15-8-9-18(30-12-6-11-29-3)17(13-15)22(23,24)25/h8-9,13,16H,4-7,10-12,14H2,1-3H3,(H,26,27). The monoisotopic (exact) mass is 457 g/mol. The Morgan fingerprint density at radius 3 is 2.77 bits per heavy atom. The summed E-state index contributed by atoms with van der Waals surface area (Å²) in [6.07, 6.45) is -0.612. The van der Waals surface area contributed by atoms with Crippen LogP contribution in [-0.4, -0.2) is 49.8 Å². The lowest BCUT2D eigenvalue weighted by atomic mass is 10.1. The minimum atomic E-state index is -4.52. The van der Waals surface area contributed by atoms with Gasteiger partial charge in [-0.05, 0) is 44.0 Å². The van der Waals surface area contributed by atoms with Crippen LogP contribution in [0, 0.1) is 0 Å². The van der Waals surface area contributed by atoms with E-state index in [-0.39, 0.29) is 12.4 Å². The molecule has 0 radical (unpaired) electrons. The van der Waals surface area contributed by atoms with Crippen molar-refractivity contribution in [2.45, 2.75) is 51.4 Å². The lowest BCUT2D eigenvalue weighted by Gasteiger charge is -2.23. The Labute approximate surface area is 185 Å². The Balaban J connectivity index is 1.91. The van der Waals surface area contributed by atoms with Crippen LogP contribution in [0.3, 0.4) is 0 Å². The van der Waals surface area contributed by atoms with Crippen LogP contribution in [0.1, 0.15) is 43.0 Å². The number of rotatable bonds is 10. The van der Waals surface area contributed by atoms with Gasteiger partial charge in [0.1, 0.15) is 5.75 Å². The molecule has 3 rings (SSSR count). The van der Waals surface area contributed by atoms with Crippen molar-refractivity contribution in [3.05, 3.63) is 28.6 Å². The first kappa shape index (κ1) is 23.8. The minimum absolute atomic E-state index is 0.162. The molecule has 1 unspecified atom stereocenters. The van der Waals surface area contributed by atoms with E-state index in [1.807, 2.05) is 0 Å². The van der Waals surface area contributed by atoms with Gasteiger partial charge >= 0.3 is 6.18 Å². The van der Waals surface area contributed by atoms with Gasteiger partial charge in [-0.25, -0.2) is 4.98 Å². The first-order valence-corrected chi connectivity index (χ1v) is 11.4. The van der Waals surface area contributed by atoms with Crippen molar-refractivity contribution in [2.75, 3.05) is 39.2 Å². The van der Waals surface area contributed by atoms with E-state index in [0.29, 0.717) is 42.0 Å². The molecule has 0 saturated carbocycles. The summed E-state index contributed by atoms with van der Waals surface area (Å²) < 4.78 is 51.7. The second kappa shape index (κ2) is 10.7. The summed E-state index contributed by atoms with van der Waals surface area (Å²) in [5, 5.41) is 3.73. The maximum absolute atomic E-state index is 13.8. The summed E-state index contributed by atoms with van der Waals surface area (Å²) >= 11 is 1.50. The first-order valence-electron chi connectivity index (χ1n) is 10.6. The van der Waals surface area contributed by atoms with Crippen LogP contribution in [-0.2, 0) is 17.5 Å². The van der Waals surface area contributed by atoms with E-state index in [0.717, 1.165) is 36.8 Å². The minimum Gasteiger partial charge on any atom is -0.493 e. The van der Waals surface area contributed by atoms with Crippen molar-refractivity contribution in [1.82, 2.24) is 9.88 Å². The Bertz CT molecular complexity index is 857. The molecule has 2 heterocycles.